The third kappa shape index (κ3) is 5.72. The highest BCUT2D eigenvalue weighted by Crippen LogP contribution is 2.37. The van der Waals surface area contributed by atoms with Gasteiger partial charge in [-0.15, -0.1) is 0 Å². The summed E-state index contributed by atoms with van der Waals surface area (Å²) >= 11 is 0. The summed E-state index contributed by atoms with van der Waals surface area (Å²) in [5.41, 5.74) is 2.20. The lowest BCUT2D eigenvalue weighted by Crippen LogP contribution is -2.37. The van der Waals surface area contributed by atoms with E-state index in [-0.39, 0.29) is 75.4 Å². The second-order valence-corrected chi connectivity index (χ2v) is 9.71. The molecule has 4 rings (SSSR count). The van der Waals surface area contributed by atoms with Crippen LogP contribution in [0, 0.1) is 23.7 Å². The SMILES string of the molecule is O=C1CC(C2CC(=O)C(=C(NO)OC(NO)=C3C(=O)CC(C4CCOC(=O)C4)CC3=O)C(=O)C2)CCO1. The van der Waals surface area contributed by atoms with Crippen LogP contribution in [0.1, 0.15) is 51.4 Å². The summed E-state index contributed by atoms with van der Waals surface area (Å²) in [6.45, 7) is 0.426. The van der Waals surface area contributed by atoms with Crippen molar-refractivity contribution in [3.05, 3.63) is 22.9 Å². The fourth-order valence-electron chi connectivity index (χ4n) is 5.55. The highest BCUT2D eigenvalue weighted by molar-refractivity contribution is 6.23. The van der Waals surface area contributed by atoms with Gasteiger partial charge in [-0.1, -0.05) is 0 Å². The van der Waals surface area contributed by atoms with Crippen molar-refractivity contribution < 1.29 is 53.4 Å². The van der Waals surface area contributed by atoms with Crippen molar-refractivity contribution in [3.8, 4) is 0 Å². The van der Waals surface area contributed by atoms with Crippen molar-refractivity contribution >= 4 is 35.1 Å². The number of cyclic esters (lactones) is 2. The Balaban J connectivity index is 1.52. The standard InChI is InChI=1S/C24H28N2O11/c27-15-5-13(11-1-3-35-19(31)9-11)6-16(28)21(15)23(25-33)37-24(26-34)22-17(29)7-14(8-18(22)30)12-2-4-36-20(32)10-12/h11-14,25-26,33-34H,1-10H2. The number of allylic oxidation sites excluding steroid dienone is 2. The van der Waals surface area contributed by atoms with Gasteiger partial charge in [0.05, 0.1) is 13.2 Å². The summed E-state index contributed by atoms with van der Waals surface area (Å²) in [4.78, 5) is 74.7. The number of rotatable bonds is 6. The molecule has 2 atom stereocenters. The minimum atomic E-state index is -0.738. The van der Waals surface area contributed by atoms with E-state index in [0.29, 0.717) is 12.8 Å². The Morgan fingerprint density at radius 1 is 0.595 bits per heavy atom. The Bertz CT molecular complexity index is 968. The third-order valence-corrected chi connectivity index (χ3v) is 7.46. The fourth-order valence-corrected chi connectivity index (χ4v) is 5.55. The molecular weight excluding hydrogens is 492 g/mol. The van der Waals surface area contributed by atoms with Crippen LogP contribution in [0.4, 0.5) is 0 Å². The van der Waals surface area contributed by atoms with Crippen LogP contribution in [0.5, 0.6) is 0 Å². The molecular formula is C24H28N2O11. The van der Waals surface area contributed by atoms with Gasteiger partial charge >= 0.3 is 11.9 Å². The van der Waals surface area contributed by atoms with Gasteiger partial charge in [-0.3, -0.25) is 39.2 Å². The first-order chi connectivity index (χ1) is 17.7. The van der Waals surface area contributed by atoms with Crippen LogP contribution < -0.4 is 11.0 Å². The zero-order valence-electron chi connectivity index (χ0n) is 19.9. The van der Waals surface area contributed by atoms with E-state index >= 15 is 0 Å². The first kappa shape index (κ1) is 26.5. The van der Waals surface area contributed by atoms with Gasteiger partial charge in [-0.05, 0) is 36.5 Å². The number of nitrogens with one attached hydrogen (secondary N) is 2. The third-order valence-electron chi connectivity index (χ3n) is 7.46. The maximum atomic E-state index is 12.9. The van der Waals surface area contributed by atoms with Crippen LogP contribution in [0.25, 0.3) is 0 Å². The van der Waals surface area contributed by atoms with Crippen LogP contribution in [0.15, 0.2) is 22.9 Å². The molecule has 0 aromatic heterocycles. The van der Waals surface area contributed by atoms with Gasteiger partial charge < -0.3 is 14.2 Å². The molecule has 0 radical (unpaired) electrons. The van der Waals surface area contributed by atoms with Crippen molar-refractivity contribution in [1.82, 2.24) is 11.0 Å². The van der Waals surface area contributed by atoms with E-state index in [0.717, 1.165) is 0 Å². The Morgan fingerprint density at radius 3 is 1.24 bits per heavy atom. The number of carbonyl (C=O) groups excluding carboxylic acids is 6. The number of Topliss-reactive ketones (excluding diaryl/α,β-unsaturated/α-hetero) is 4. The predicted octanol–water partition coefficient (Wildman–Crippen LogP) is 0.387. The average Bonchev–Trinajstić information content (AvgIpc) is 2.86. The number of esters is 2. The molecule has 2 saturated heterocycles. The summed E-state index contributed by atoms with van der Waals surface area (Å²) < 4.78 is 15.1. The zero-order chi connectivity index (χ0) is 26.7. The zero-order valence-corrected chi connectivity index (χ0v) is 19.9. The average molecular weight is 520 g/mol. The van der Waals surface area contributed by atoms with E-state index in [2.05, 4.69) is 0 Å². The number of ketones is 4. The van der Waals surface area contributed by atoms with Crippen molar-refractivity contribution in [3.63, 3.8) is 0 Å². The van der Waals surface area contributed by atoms with Gasteiger partial charge in [0.15, 0.2) is 23.1 Å². The van der Waals surface area contributed by atoms with Crippen LogP contribution in [0.3, 0.4) is 0 Å². The van der Waals surface area contributed by atoms with E-state index in [1.807, 2.05) is 0 Å². The van der Waals surface area contributed by atoms with Crippen LogP contribution in [0.2, 0.25) is 0 Å². The molecule has 4 aliphatic rings. The molecule has 200 valence electrons. The number of ether oxygens (including phenoxy) is 3. The van der Waals surface area contributed by atoms with E-state index in [9.17, 15) is 39.2 Å². The van der Waals surface area contributed by atoms with Gasteiger partial charge in [-0.25, -0.2) is 11.0 Å². The van der Waals surface area contributed by atoms with Gasteiger partial charge in [0.1, 0.15) is 11.1 Å². The molecule has 0 aromatic carbocycles. The van der Waals surface area contributed by atoms with Crippen LogP contribution in [-0.4, -0.2) is 58.7 Å². The van der Waals surface area contributed by atoms with E-state index < -0.39 is 58.0 Å². The lowest BCUT2D eigenvalue weighted by molar-refractivity contribution is -0.151. The minimum Gasteiger partial charge on any atom is -0.466 e. The molecule has 2 aliphatic heterocycles. The summed E-state index contributed by atoms with van der Waals surface area (Å²) in [5, 5.41) is 19.3. The summed E-state index contributed by atoms with van der Waals surface area (Å²) in [6.07, 6.45) is 0.897. The van der Waals surface area contributed by atoms with E-state index in [4.69, 9.17) is 14.2 Å². The van der Waals surface area contributed by atoms with E-state index in [1.54, 1.807) is 11.0 Å². The Kier molecular flexibility index (Phi) is 8.03. The molecule has 2 heterocycles. The van der Waals surface area contributed by atoms with Gasteiger partial charge in [0, 0.05) is 38.5 Å². The lowest BCUT2D eigenvalue weighted by atomic mass is 9.74. The first-order valence-corrected chi connectivity index (χ1v) is 12.1. The minimum absolute atomic E-state index is 0.0879. The Labute approximate surface area is 211 Å². The number of hydroxylamine groups is 2. The number of hydrogen-bond acceptors (Lipinski definition) is 13. The first-order valence-electron chi connectivity index (χ1n) is 12.1. The van der Waals surface area contributed by atoms with E-state index in [1.165, 1.54) is 0 Å². The summed E-state index contributed by atoms with van der Waals surface area (Å²) in [7, 11) is 0. The number of carbonyl (C=O) groups is 6. The molecule has 0 aromatic rings. The molecule has 2 aliphatic carbocycles. The normalized spacial score (nSPS) is 28.9. The molecule has 37 heavy (non-hydrogen) atoms. The quantitative estimate of drug-likeness (QED) is 0.124. The lowest BCUT2D eigenvalue weighted by Gasteiger charge is -2.32. The van der Waals surface area contributed by atoms with Crippen molar-refractivity contribution in [1.29, 1.82) is 0 Å². The van der Waals surface area contributed by atoms with Crippen LogP contribution >= 0.6 is 0 Å². The molecule has 0 spiro atoms. The summed E-state index contributed by atoms with van der Waals surface area (Å²) in [5.74, 6) is -6.08. The number of hydrogen-bond donors (Lipinski definition) is 4. The molecule has 13 heteroatoms. The smallest absolute Gasteiger partial charge is 0.306 e. The monoisotopic (exact) mass is 520 g/mol. The molecule has 0 bridgehead atoms. The molecule has 0 amide bonds. The maximum absolute atomic E-state index is 12.9. The van der Waals surface area contributed by atoms with Crippen molar-refractivity contribution in [2.75, 3.05) is 13.2 Å². The van der Waals surface area contributed by atoms with Gasteiger partial charge in [-0.2, -0.15) is 0 Å². The second-order valence-electron chi connectivity index (χ2n) is 9.71. The van der Waals surface area contributed by atoms with Crippen LogP contribution in [-0.2, 0) is 43.0 Å². The fraction of sp³-hybridized carbons (Fsp3) is 0.583. The Morgan fingerprint density at radius 2 is 0.946 bits per heavy atom. The van der Waals surface area contributed by atoms with Crippen molar-refractivity contribution in [2.45, 2.75) is 51.4 Å². The Hall–Kier alpha value is -3.58. The van der Waals surface area contributed by atoms with Crippen molar-refractivity contribution in [2.24, 2.45) is 23.7 Å². The highest BCUT2D eigenvalue weighted by Gasteiger charge is 2.42. The molecule has 2 unspecified atom stereocenters. The van der Waals surface area contributed by atoms with Gasteiger partial charge in [0.2, 0.25) is 11.8 Å². The molecule has 4 fully saturated rings. The molecule has 13 nitrogen and oxygen atoms in total. The highest BCUT2D eigenvalue weighted by atomic mass is 16.6. The topological polar surface area (TPSA) is 195 Å². The maximum Gasteiger partial charge on any atom is 0.306 e. The second kappa shape index (κ2) is 11.2. The summed E-state index contributed by atoms with van der Waals surface area (Å²) in [6, 6.07) is 0. The molecule has 2 saturated carbocycles. The largest absolute Gasteiger partial charge is 0.466 e. The van der Waals surface area contributed by atoms with Gasteiger partial charge in [0.25, 0.3) is 0 Å². The predicted molar refractivity (Wildman–Crippen MR) is 118 cm³/mol. The molecule has 4 N–H and O–H groups in total.